The number of ether oxygens (including phenoxy) is 2. The maximum absolute atomic E-state index is 12.8. The third-order valence-electron chi connectivity index (χ3n) is 10.6. The predicted octanol–water partition coefficient (Wildman–Crippen LogP) is 8.67. The van der Waals surface area contributed by atoms with Crippen LogP contribution in [0.15, 0.2) is 0 Å². The monoisotopic (exact) mass is 664 g/mol. The maximum Gasteiger partial charge on any atom is 0.320 e. The molecule has 8 nitrogen and oxygen atoms in total. The van der Waals surface area contributed by atoms with Crippen molar-refractivity contribution in [2.45, 2.75) is 179 Å². The molecule has 45 heavy (non-hydrogen) atoms. The lowest BCUT2D eigenvalue weighted by Gasteiger charge is -2.53. The smallest absolute Gasteiger partial charge is 0.320 e. The normalized spacial score (nSPS) is 14.0. The van der Waals surface area contributed by atoms with E-state index in [2.05, 4.69) is 76.3 Å². The molecule has 270 valence electrons. The molecule has 0 fully saturated rings. The van der Waals surface area contributed by atoms with Crippen LogP contribution in [0, 0.1) is 16.2 Å². The zero-order valence-corrected chi connectivity index (χ0v) is 33.3. The number of quaternary nitrogens is 1. The van der Waals surface area contributed by atoms with Gasteiger partial charge in [0.05, 0.1) is 31.1 Å². The van der Waals surface area contributed by atoms with Crippen molar-refractivity contribution in [2.24, 2.45) is 16.2 Å². The van der Waals surface area contributed by atoms with Crippen molar-refractivity contribution in [1.29, 1.82) is 0 Å². The van der Waals surface area contributed by atoms with Gasteiger partial charge < -0.3 is 18.5 Å². The van der Waals surface area contributed by atoms with E-state index in [1.807, 2.05) is 13.8 Å². The Morgan fingerprint density at radius 1 is 0.644 bits per heavy atom. The minimum absolute atomic E-state index is 0.330. The molecule has 0 aliphatic rings. The summed E-state index contributed by atoms with van der Waals surface area (Å²) in [6.45, 7) is 35.5. The molecular formula is C36H73NO7S. The summed E-state index contributed by atoms with van der Waals surface area (Å²) < 4.78 is 44.4. The van der Waals surface area contributed by atoms with Crippen molar-refractivity contribution in [1.82, 2.24) is 0 Å². The Morgan fingerprint density at radius 2 is 1.02 bits per heavy atom. The van der Waals surface area contributed by atoms with E-state index in [9.17, 15) is 22.6 Å². The quantitative estimate of drug-likeness (QED) is 0.0663. The number of nitrogens with zero attached hydrogens (tertiary/aromatic N) is 1. The van der Waals surface area contributed by atoms with E-state index in [1.54, 1.807) is 13.8 Å². The molecule has 0 N–H and O–H groups in total. The molecule has 0 aromatic carbocycles. The Hall–Kier alpha value is -1.19. The molecular weight excluding hydrogens is 590 g/mol. The highest BCUT2D eigenvalue weighted by molar-refractivity contribution is 7.86. The van der Waals surface area contributed by atoms with E-state index in [4.69, 9.17) is 9.47 Å². The number of carbonyl (C=O) groups excluding carboxylic acids is 2. The van der Waals surface area contributed by atoms with Crippen molar-refractivity contribution >= 4 is 22.1 Å². The van der Waals surface area contributed by atoms with Crippen LogP contribution in [0.2, 0.25) is 0 Å². The number of unbranched alkanes of at least 4 members (excludes halogenated alkanes) is 5. The Bertz CT molecular complexity index is 1010. The van der Waals surface area contributed by atoms with Crippen LogP contribution in [-0.4, -0.2) is 72.0 Å². The molecule has 0 unspecified atom stereocenters. The predicted molar refractivity (Wildman–Crippen MR) is 186 cm³/mol. The van der Waals surface area contributed by atoms with Gasteiger partial charge in [0.2, 0.25) is 0 Å². The third kappa shape index (κ3) is 16.5. The summed E-state index contributed by atoms with van der Waals surface area (Å²) in [5.41, 5.74) is -2.19. The topological polar surface area (TPSA) is 110 Å². The summed E-state index contributed by atoms with van der Waals surface area (Å²) in [6.07, 6.45) is 8.72. The van der Waals surface area contributed by atoms with Gasteiger partial charge in [-0.05, 0) is 87.5 Å². The lowest BCUT2D eigenvalue weighted by atomic mass is 9.73. The Balaban J connectivity index is 0. The van der Waals surface area contributed by atoms with Crippen molar-refractivity contribution < 1.29 is 36.5 Å². The zero-order valence-electron chi connectivity index (χ0n) is 32.5. The van der Waals surface area contributed by atoms with Gasteiger partial charge in [-0.2, -0.15) is 0 Å². The van der Waals surface area contributed by atoms with E-state index < -0.39 is 44.4 Å². The molecule has 0 spiro atoms. The van der Waals surface area contributed by atoms with Crippen molar-refractivity contribution in [3.8, 4) is 0 Å². The van der Waals surface area contributed by atoms with E-state index in [0.29, 0.717) is 22.8 Å². The van der Waals surface area contributed by atoms with Crippen molar-refractivity contribution in [2.75, 3.05) is 25.9 Å². The molecule has 0 aliphatic carbocycles. The molecule has 0 aromatic heterocycles. The summed E-state index contributed by atoms with van der Waals surface area (Å²) >= 11 is 0. The van der Waals surface area contributed by atoms with Gasteiger partial charge in [-0.3, -0.25) is 9.59 Å². The van der Waals surface area contributed by atoms with Crippen LogP contribution in [0.25, 0.3) is 0 Å². The molecule has 0 bridgehead atoms. The molecule has 0 rings (SSSR count). The summed E-state index contributed by atoms with van der Waals surface area (Å²) in [7, 11) is -2.38. The molecule has 0 aliphatic heterocycles. The van der Waals surface area contributed by atoms with E-state index in [0.717, 1.165) is 23.7 Å². The first-order valence-corrected chi connectivity index (χ1v) is 18.6. The van der Waals surface area contributed by atoms with Crippen LogP contribution in [0.4, 0.5) is 0 Å². The molecule has 0 atom stereocenters. The highest BCUT2D eigenvalue weighted by Gasteiger charge is 2.47. The first-order chi connectivity index (χ1) is 19.8. The van der Waals surface area contributed by atoms with Crippen LogP contribution in [0.5, 0.6) is 0 Å². The molecule has 0 amide bonds. The van der Waals surface area contributed by atoms with Crippen LogP contribution in [0.1, 0.15) is 162 Å². The van der Waals surface area contributed by atoms with Crippen LogP contribution in [0.3, 0.4) is 0 Å². The average Bonchev–Trinajstić information content (AvgIpc) is 2.82. The minimum atomic E-state index is -4.75. The summed E-state index contributed by atoms with van der Waals surface area (Å²) in [5, 5.41) is 0. The van der Waals surface area contributed by atoms with Crippen LogP contribution in [-0.2, 0) is 29.2 Å². The Morgan fingerprint density at radius 3 is 1.36 bits per heavy atom. The maximum atomic E-state index is 12.8. The number of carbonyl (C=O) groups is 2. The number of rotatable bonds is 17. The molecule has 0 saturated heterocycles. The van der Waals surface area contributed by atoms with Gasteiger partial charge >= 0.3 is 11.9 Å². The highest BCUT2D eigenvalue weighted by atomic mass is 32.2. The van der Waals surface area contributed by atoms with Crippen molar-refractivity contribution in [3.63, 3.8) is 0 Å². The van der Waals surface area contributed by atoms with Gasteiger partial charge in [0, 0.05) is 5.41 Å². The summed E-state index contributed by atoms with van der Waals surface area (Å²) in [4.78, 5) is 24.6. The second-order valence-corrected chi connectivity index (χ2v) is 18.9. The van der Waals surface area contributed by atoms with E-state index in [1.165, 1.54) is 52.6 Å². The molecule has 9 heteroatoms. The minimum Gasteiger partial charge on any atom is -0.748 e. The van der Waals surface area contributed by atoms with Gasteiger partial charge in [-0.1, -0.05) is 80.1 Å². The zero-order chi connectivity index (χ0) is 36.3. The van der Waals surface area contributed by atoms with Crippen molar-refractivity contribution in [3.05, 3.63) is 0 Å². The van der Waals surface area contributed by atoms with Gasteiger partial charge in [0.15, 0.2) is 0 Å². The SMILES string of the molecule is CC(C)(C)CCCCCCCCC(C)(C)C(=O)OC(C)(C)C(C)(C)OC(=O)CS(=O)(=O)[O-].CC[N+](C)(CC)C(C)(C)C(C)(C)C. The lowest BCUT2D eigenvalue weighted by molar-refractivity contribution is -0.960. The summed E-state index contributed by atoms with van der Waals surface area (Å²) in [5.74, 6) is -2.84. The summed E-state index contributed by atoms with van der Waals surface area (Å²) in [6, 6.07) is 0. The second kappa shape index (κ2) is 17.3. The first-order valence-electron chi connectivity index (χ1n) is 17.0. The Labute approximate surface area is 279 Å². The average molecular weight is 664 g/mol. The lowest BCUT2D eigenvalue weighted by Crippen LogP contribution is -2.64. The highest BCUT2D eigenvalue weighted by Crippen LogP contribution is 2.39. The van der Waals surface area contributed by atoms with Crippen LogP contribution < -0.4 is 0 Å². The van der Waals surface area contributed by atoms with E-state index in [-0.39, 0.29) is 0 Å². The fraction of sp³-hybridized carbons (Fsp3) is 0.944. The second-order valence-electron chi connectivity index (χ2n) is 17.5. The number of hydrogen-bond donors (Lipinski definition) is 0. The number of hydrogen-bond acceptors (Lipinski definition) is 7. The fourth-order valence-electron chi connectivity index (χ4n) is 4.93. The largest absolute Gasteiger partial charge is 0.748 e. The van der Waals surface area contributed by atoms with E-state index >= 15 is 0 Å². The third-order valence-corrected chi connectivity index (χ3v) is 11.2. The van der Waals surface area contributed by atoms with Gasteiger partial charge in [0.1, 0.15) is 27.1 Å². The van der Waals surface area contributed by atoms with Crippen LogP contribution >= 0.6 is 0 Å². The fourth-order valence-corrected chi connectivity index (χ4v) is 5.28. The Kier molecular flexibility index (Phi) is 17.6. The van der Waals surface area contributed by atoms with Gasteiger partial charge in [-0.15, -0.1) is 0 Å². The molecule has 0 radical (unpaired) electrons. The first kappa shape index (κ1) is 45.9. The molecule has 0 aromatic rings. The molecule has 0 heterocycles. The molecule has 0 saturated carbocycles. The van der Waals surface area contributed by atoms with Gasteiger partial charge in [-0.25, -0.2) is 8.42 Å². The standard InChI is InChI=1S/C24H46O7S.C12H28N/c1-21(2,3)16-14-12-10-11-13-15-17-22(4,5)20(26)31-24(8,9)23(6,7)30-19(25)18-32(27,28)29;1-9-13(8,10-2)12(6,7)11(3,4)5/h10-18H2,1-9H3,(H,27,28,29);9-10H2,1-8H3/q;+1/p-1. The van der Waals surface area contributed by atoms with Gasteiger partial charge in [0.25, 0.3) is 0 Å². The number of esters is 2.